The number of H-pyrrole nitrogens is 1. The van der Waals surface area contributed by atoms with E-state index in [0.717, 1.165) is 42.9 Å². The lowest BCUT2D eigenvalue weighted by atomic mass is 9.64. The van der Waals surface area contributed by atoms with Crippen molar-refractivity contribution in [3.8, 4) is 6.07 Å². The van der Waals surface area contributed by atoms with Gasteiger partial charge in [-0.25, -0.2) is 4.98 Å². The van der Waals surface area contributed by atoms with Crippen molar-refractivity contribution in [3.05, 3.63) is 89.0 Å². The molecule has 0 radical (unpaired) electrons. The number of aromatic nitrogens is 2. The Morgan fingerprint density at radius 2 is 2.09 bits per heavy atom. The summed E-state index contributed by atoms with van der Waals surface area (Å²) in [6.07, 6.45) is 5.63. The molecule has 2 atom stereocenters. The van der Waals surface area contributed by atoms with Crippen LogP contribution < -0.4 is 5.73 Å². The molecule has 4 rings (SSSR count). The Hall–Kier alpha value is -3.43. The molecule has 0 saturated carbocycles. The average molecular weight is 428 g/mol. The van der Waals surface area contributed by atoms with Crippen molar-refractivity contribution < 1.29 is 4.79 Å². The van der Waals surface area contributed by atoms with E-state index in [0.29, 0.717) is 18.4 Å². The Labute approximate surface area is 189 Å². The number of likely N-dealkylation sites (tertiary alicyclic amines) is 1. The number of amides is 1. The largest absolute Gasteiger partial charge is 0.369 e. The van der Waals surface area contributed by atoms with Crippen LogP contribution in [0.15, 0.2) is 61.1 Å². The van der Waals surface area contributed by atoms with Gasteiger partial charge in [-0.05, 0) is 61.9 Å². The van der Waals surface area contributed by atoms with Crippen LogP contribution in [0, 0.1) is 29.6 Å². The predicted octanol–water partition coefficient (Wildman–Crippen LogP) is 3.37. The van der Waals surface area contributed by atoms with Crippen molar-refractivity contribution in [1.82, 2.24) is 14.9 Å². The van der Waals surface area contributed by atoms with Crippen LogP contribution in [-0.4, -0.2) is 33.9 Å². The van der Waals surface area contributed by atoms with Crippen LogP contribution in [0.2, 0.25) is 0 Å². The minimum atomic E-state index is -0.619. The first-order valence-electron chi connectivity index (χ1n) is 11.0. The number of hydrogen-bond acceptors (Lipinski definition) is 4. The van der Waals surface area contributed by atoms with Crippen LogP contribution in [0.4, 0.5) is 0 Å². The van der Waals surface area contributed by atoms with Gasteiger partial charge >= 0.3 is 0 Å². The number of nitrogens with two attached hydrogens (primary N) is 1. The number of nitriles is 1. The van der Waals surface area contributed by atoms with Gasteiger partial charge in [-0.3, -0.25) is 9.69 Å². The van der Waals surface area contributed by atoms with E-state index in [2.05, 4.69) is 46.1 Å². The van der Waals surface area contributed by atoms with E-state index >= 15 is 0 Å². The van der Waals surface area contributed by atoms with E-state index in [-0.39, 0.29) is 11.8 Å². The Morgan fingerprint density at radius 1 is 1.28 bits per heavy atom. The van der Waals surface area contributed by atoms with Crippen LogP contribution in [0.25, 0.3) is 0 Å². The molecule has 2 aromatic carbocycles. The summed E-state index contributed by atoms with van der Waals surface area (Å²) in [5, 5.41) is 9.12. The number of carbonyl (C=O) groups excluding carboxylic acids is 1. The van der Waals surface area contributed by atoms with Gasteiger partial charge in [0.2, 0.25) is 5.91 Å². The maximum atomic E-state index is 13.0. The highest BCUT2D eigenvalue weighted by molar-refractivity contribution is 5.82. The smallest absolute Gasteiger partial charge is 0.224 e. The fourth-order valence-electron chi connectivity index (χ4n) is 4.99. The van der Waals surface area contributed by atoms with Gasteiger partial charge in [-0.2, -0.15) is 5.26 Å². The number of aromatic amines is 1. The first-order chi connectivity index (χ1) is 15.5. The fraction of sp³-hybridized carbons (Fsp3) is 0.346. The summed E-state index contributed by atoms with van der Waals surface area (Å²) in [4.78, 5) is 22.7. The molecule has 1 amide bonds. The van der Waals surface area contributed by atoms with Crippen molar-refractivity contribution in [2.45, 2.75) is 32.7 Å². The number of hydrogen-bond donors (Lipinski definition) is 2. The van der Waals surface area contributed by atoms with Crippen LogP contribution in [0.1, 0.15) is 34.4 Å². The molecule has 1 saturated heterocycles. The summed E-state index contributed by atoms with van der Waals surface area (Å²) < 4.78 is 0. The highest BCUT2D eigenvalue weighted by atomic mass is 16.1. The number of nitrogens with zero attached hydrogens (tertiary/aromatic N) is 3. The molecular weight excluding hydrogens is 398 g/mol. The zero-order chi connectivity index (χ0) is 22.6. The molecule has 1 aliphatic rings. The van der Waals surface area contributed by atoms with Gasteiger partial charge in [0.25, 0.3) is 0 Å². The zero-order valence-corrected chi connectivity index (χ0v) is 18.4. The van der Waals surface area contributed by atoms with Crippen LogP contribution in [0.5, 0.6) is 0 Å². The van der Waals surface area contributed by atoms with E-state index in [1.807, 2.05) is 36.5 Å². The van der Waals surface area contributed by atoms with E-state index in [4.69, 9.17) is 11.0 Å². The lowest BCUT2D eigenvalue weighted by Gasteiger charge is -2.46. The Kier molecular flexibility index (Phi) is 6.38. The van der Waals surface area contributed by atoms with Crippen molar-refractivity contribution in [3.63, 3.8) is 0 Å². The third kappa shape index (κ3) is 4.74. The quantitative estimate of drug-likeness (QED) is 0.604. The molecule has 0 spiro atoms. The maximum absolute atomic E-state index is 13.0. The molecule has 2 unspecified atom stereocenters. The molecule has 32 heavy (non-hydrogen) atoms. The van der Waals surface area contributed by atoms with Gasteiger partial charge in [-0.1, -0.05) is 42.0 Å². The first-order valence-corrected chi connectivity index (χ1v) is 11.0. The summed E-state index contributed by atoms with van der Waals surface area (Å²) in [7, 11) is 0. The summed E-state index contributed by atoms with van der Waals surface area (Å²) in [5.41, 5.74) is 10.7. The minimum absolute atomic E-state index is 0.0603. The third-order valence-electron chi connectivity index (χ3n) is 6.74. The number of carbonyl (C=O) groups is 1. The summed E-state index contributed by atoms with van der Waals surface area (Å²) in [6.45, 7) is 4.41. The van der Waals surface area contributed by atoms with Gasteiger partial charge in [0.05, 0.1) is 23.4 Å². The topological polar surface area (TPSA) is 98.8 Å². The summed E-state index contributed by atoms with van der Waals surface area (Å²) >= 11 is 0. The molecular formula is C26H29N5O. The lowest BCUT2D eigenvalue weighted by molar-refractivity contribution is -0.135. The second-order valence-electron chi connectivity index (χ2n) is 8.96. The SMILES string of the molecule is Cc1cccc(CC2(C(N)=O)CCN(Cc3cnc[nH]3)CC2Cc2ccc(C#N)cc2)c1. The van der Waals surface area contributed by atoms with Crippen molar-refractivity contribution in [1.29, 1.82) is 5.26 Å². The van der Waals surface area contributed by atoms with Gasteiger partial charge in [0.1, 0.15) is 0 Å². The highest BCUT2D eigenvalue weighted by Gasteiger charge is 2.47. The molecule has 0 aliphatic carbocycles. The fourth-order valence-corrected chi connectivity index (χ4v) is 4.99. The van der Waals surface area contributed by atoms with E-state index < -0.39 is 5.41 Å². The average Bonchev–Trinajstić information content (AvgIpc) is 3.29. The number of imidazole rings is 1. The van der Waals surface area contributed by atoms with E-state index in [1.165, 1.54) is 5.56 Å². The number of aryl methyl sites for hydroxylation is 1. The van der Waals surface area contributed by atoms with Crippen molar-refractivity contribution in [2.75, 3.05) is 13.1 Å². The molecule has 6 nitrogen and oxygen atoms in total. The number of primary amides is 1. The van der Waals surface area contributed by atoms with E-state index in [1.54, 1.807) is 6.33 Å². The Morgan fingerprint density at radius 3 is 2.75 bits per heavy atom. The normalized spacial score (nSPS) is 21.2. The maximum Gasteiger partial charge on any atom is 0.224 e. The number of rotatable bonds is 7. The van der Waals surface area contributed by atoms with Crippen molar-refractivity contribution in [2.24, 2.45) is 17.1 Å². The number of nitrogens with one attached hydrogen (secondary N) is 1. The van der Waals surface area contributed by atoms with Crippen LogP contribution in [-0.2, 0) is 24.2 Å². The van der Waals surface area contributed by atoms with E-state index in [9.17, 15) is 4.79 Å². The minimum Gasteiger partial charge on any atom is -0.369 e. The molecule has 6 heteroatoms. The molecule has 2 heterocycles. The second-order valence-corrected chi connectivity index (χ2v) is 8.96. The molecule has 3 N–H and O–H groups in total. The number of benzene rings is 2. The molecule has 3 aromatic rings. The molecule has 1 aromatic heterocycles. The third-order valence-corrected chi connectivity index (χ3v) is 6.74. The van der Waals surface area contributed by atoms with Crippen LogP contribution >= 0.6 is 0 Å². The highest BCUT2D eigenvalue weighted by Crippen LogP contribution is 2.42. The zero-order valence-electron chi connectivity index (χ0n) is 18.4. The summed E-state index contributed by atoms with van der Waals surface area (Å²) in [5.74, 6) is -0.163. The van der Waals surface area contributed by atoms with Gasteiger partial charge in [0, 0.05) is 25.0 Å². The second kappa shape index (κ2) is 9.37. The predicted molar refractivity (Wildman–Crippen MR) is 123 cm³/mol. The molecule has 164 valence electrons. The van der Waals surface area contributed by atoms with Gasteiger partial charge < -0.3 is 10.7 Å². The Bertz CT molecular complexity index is 1100. The van der Waals surface area contributed by atoms with Crippen LogP contribution in [0.3, 0.4) is 0 Å². The lowest BCUT2D eigenvalue weighted by Crippen LogP contribution is -2.55. The Balaban J connectivity index is 1.64. The van der Waals surface area contributed by atoms with Crippen molar-refractivity contribution >= 4 is 5.91 Å². The number of piperidine rings is 1. The first kappa shape index (κ1) is 21.8. The standard InChI is InChI=1S/C26H29N5O/c1-19-3-2-4-22(11-19)13-26(25(28)32)9-10-31(17-24-15-29-18-30-24)16-23(26)12-20-5-7-21(14-27)8-6-20/h2-8,11,15,18,23H,9-10,12-13,16-17H2,1H3,(H2,28,32)(H,29,30). The molecule has 1 aliphatic heterocycles. The van der Waals surface area contributed by atoms with Gasteiger partial charge in [0.15, 0.2) is 0 Å². The summed E-state index contributed by atoms with van der Waals surface area (Å²) in [6, 6.07) is 18.2. The molecule has 0 bridgehead atoms. The van der Waals surface area contributed by atoms with Gasteiger partial charge in [-0.15, -0.1) is 0 Å². The monoisotopic (exact) mass is 427 g/mol. The molecule has 1 fully saturated rings.